The fourth-order valence-electron chi connectivity index (χ4n) is 3.33. The molecule has 0 aliphatic carbocycles. The van der Waals surface area contributed by atoms with Gasteiger partial charge in [0, 0.05) is 35.0 Å². The molecule has 0 spiro atoms. The van der Waals surface area contributed by atoms with Crippen LogP contribution in [0, 0.1) is 0 Å². The fraction of sp³-hybridized carbons (Fsp3) is 0.400. The van der Waals surface area contributed by atoms with Crippen molar-refractivity contribution in [3.05, 3.63) is 48.5 Å². The van der Waals surface area contributed by atoms with Crippen molar-refractivity contribution in [3.8, 4) is 0 Å². The first-order chi connectivity index (χ1) is 10.9. The minimum Gasteiger partial charge on any atom is -0.396 e. The lowest BCUT2D eigenvalue weighted by atomic mass is 10.1. The average Bonchev–Trinajstić information content (AvgIpc) is 2.89. The van der Waals surface area contributed by atoms with Gasteiger partial charge in [0.15, 0.2) is 0 Å². The van der Waals surface area contributed by atoms with Gasteiger partial charge >= 0.3 is 0 Å². The van der Waals surface area contributed by atoms with E-state index in [4.69, 9.17) is 5.11 Å². The summed E-state index contributed by atoms with van der Waals surface area (Å²) in [6.07, 6.45) is 7.12. The predicted octanol–water partition coefficient (Wildman–Crippen LogP) is 5.13. The molecule has 22 heavy (non-hydrogen) atoms. The smallest absolute Gasteiger partial charge is 0.0491 e. The van der Waals surface area contributed by atoms with Crippen LogP contribution >= 0.6 is 0 Å². The summed E-state index contributed by atoms with van der Waals surface area (Å²) in [5.74, 6) is 0. The summed E-state index contributed by atoms with van der Waals surface area (Å²) in [7, 11) is 0. The van der Waals surface area contributed by atoms with Crippen LogP contribution in [0.15, 0.2) is 48.5 Å². The zero-order valence-corrected chi connectivity index (χ0v) is 13.2. The van der Waals surface area contributed by atoms with Crippen LogP contribution in [0.4, 0.5) is 0 Å². The summed E-state index contributed by atoms with van der Waals surface area (Å²) in [5, 5.41) is 11.5. The van der Waals surface area contributed by atoms with Crippen LogP contribution in [0.25, 0.3) is 21.8 Å². The Kier molecular flexibility index (Phi) is 5.12. The Bertz CT molecular complexity index is 675. The topological polar surface area (TPSA) is 25.2 Å². The Morgan fingerprint density at radius 3 is 1.73 bits per heavy atom. The first kappa shape index (κ1) is 15.1. The highest BCUT2D eigenvalue weighted by atomic mass is 16.2. The molecule has 0 atom stereocenters. The van der Waals surface area contributed by atoms with Gasteiger partial charge in [0.25, 0.3) is 0 Å². The van der Waals surface area contributed by atoms with E-state index < -0.39 is 0 Å². The monoisotopic (exact) mass is 295 g/mol. The number of aliphatic hydroxyl groups is 1. The van der Waals surface area contributed by atoms with Crippen molar-refractivity contribution < 1.29 is 5.11 Å². The van der Waals surface area contributed by atoms with Crippen molar-refractivity contribution in [3.63, 3.8) is 0 Å². The molecule has 3 aromatic rings. The van der Waals surface area contributed by atoms with Crippen molar-refractivity contribution in [1.82, 2.24) is 4.57 Å². The quantitative estimate of drug-likeness (QED) is 0.573. The number of benzene rings is 2. The molecule has 0 unspecified atom stereocenters. The molecule has 1 aromatic heterocycles. The van der Waals surface area contributed by atoms with E-state index in [1.54, 1.807) is 0 Å². The van der Waals surface area contributed by atoms with E-state index in [1.807, 2.05) is 0 Å². The standard InChI is InChI=1S/C20H25NO/c22-16-10-4-2-1-3-9-15-21-19-13-7-5-11-17(19)18-12-6-8-14-20(18)21/h5-8,11-14,22H,1-4,9-10,15-16H2. The van der Waals surface area contributed by atoms with Crippen LogP contribution in [0.2, 0.25) is 0 Å². The molecule has 116 valence electrons. The van der Waals surface area contributed by atoms with E-state index in [0.717, 1.165) is 19.4 Å². The van der Waals surface area contributed by atoms with Gasteiger partial charge in [-0.25, -0.2) is 0 Å². The van der Waals surface area contributed by atoms with Crippen LogP contribution in [-0.4, -0.2) is 16.3 Å². The predicted molar refractivity (Wildman–Crippen MR) is 94.2 cm³/mol. The van der Waals surface area contributed by atoms with Crippen LogP contribution in [0.5, 0.6) is 0 Å². The van der Waals surface area contributed by atoms with E-state index in [9.17, 15) is 0 Å². The minimum absolute atomic E-state index is 0.335. The molecule has 0 saturated carbocycles. The lowest BCUT2D eigenvalue weighted by molar-refractivity contribution is 0.282. The summed E-state index contributed by atoms with van der Waals surface area (Å²) in [6, 6.07) is 17.4. The average molecular weight is 295 g/mol. The van der Waals surface area contributed by atoms with Gasteiger partial charge in [-0.15, -0.1) is 0 Å². The molecule has 1 N–H and O–H groups in total. The van der Waals surface area contributed by atoms with Crippen LogP contribution in [0.3, 0.4) is 0 Å². The molecule has 0 amide bonds. The Morgan fingerprint density at radius 1 is 0.636 bits per heavy atom. The van der Waals surface area contributed by atoms with E-state index in [-0.39, 0.29) is 0 Å². The number of aliphatic hydroxyl groups excluding tert-OH is 1. The Balaban J connectivity index is 1.70. The number of hydrogen-bond acceptors (Lipinski definition) is 1. The van der Waals surface area contributed by atoms with Crippen molar-refractivity contribution in [2.24, 2.45) is 0 Å². The van der Waals surface area contributed by atoms with Crippen molar-refractivity contribution in [2.45, 2.75) is 45.1 Å². The molecule has 1 heterocycles. The summed E-state index contributed by atoms with van der Waals surface area (Å²) >= 11 is 0. The van der Waals surface area contributed by atoms with E-state index in [2.05, 4.69) is 53.1 Å². The molecule has 0 aliphatic heterocycles. The SMILES string of the molecule is OCCCCCCCCn1c2ccccc2c2ccccc21. The molecule has 2 heteroatoms. The summed E-state index contributed by atoms with van der Waals surface area (Å²) in [5.41, 5.74) is 2.70. The minimum atomic E-state index is 0.335. The zero-order chi connectivity index (χ0) is 15.2. The Hall–Kier alpha value is -1.80. The van der Waals surface area contributed by atoms with Gasteiger partial charge in [0.05, 0.1) is 0 Å². The van der Waals surface area contributed by atoms with Gasteiger partial charge in [0.1, 0.15) is 0 Å². The summed E-state index contributed by atoms with van der Waals surface area (Å²) in [6.45, 7) is 1.43. The number of hydrogen-bond donors (Lipinski definition) is 1. The molecular weight excluding hydrogens is 270 g/mol. The highest BCUT2D eigenvalue weighted by molar-refractivity contribution is 6.07. The Morgan fingerprint density at radius 2 is 1.14 bits per heavy atom. The Labute approximate surface area is 132 Å². The van der Waals surface area contributed by atoms with E-state index in [0.29, 0.717) is 6.61 Å². The maximum atomic E-state index is 8.79. The van der Waals surface area contributed by atoms with Crippen molar-refractivity contribution in [1.29, 1.82) is 0 Å². The van der Waals surface area contributed by atoms with E-state index >= 15 is 0 Å². The number of aryl methyl sites for hydroxylation is 1. The molecule has 2 nitrogen and oxygen atoms in total. The second-order valence-corrected chi connectivity index (χ2v) is 6.03. The third-order valence-corrected chi connectivity index (χ3v) is 4.47. The molecule has 0 radical (unpaired) electrons. The second-order valence-electron chi connectivity index (χ2n) is 6.03. The number of rotatable bonds is 8. The van der Waals surface area contributed by atoms with Gasteiger partial charge in [-0.05, 0) is 25.0 Å². The highest BCUT2D eigenvalue weighted by Gasteiger charge is 2.08. The first-order valence-corrected chi connectivity index (χ1v) is 8.48. The lowest BCUT2D eigenvalue weighted by Gasteiger charge is -2.07. The van der Waals surface area contributed by atoms with Crippen molar-refractivity contribution in [2.75, 3.05) is 6.61 Å². The van der Waals surface area contributed by atoms with Gasteiger partial charge in [-0.2, -0.15) is 0 Å². The number of nitrogens with zero attached hydrogens (tertiary/aromatic N) is 1. The van der Waals surface area contributed by atoms with E-state index in [1.165, 1.54) is 47.5 Å². The van der Waals surface area contributed by atoms with Gasteiger partial charge in [0.2, 0.25) is 0 Å². The fourth-order valence-corrected chi connectivity index (χ4v) is 3.33. The largest absolute Gasteiger partial charge is 0.396 e. The van der Waals surface area contributed by atoms with Gasteiger partial charge < -0.3 is 9.67 Å². The van der Waals surface area contributed by atoms with Crippen molar-refractivity contribution >= 4 is 21.8 Å². The second kappa shape index (κ2) is 7.46. The molecule has 0 fully saturated rings. The molecule has 0 bridgehead atoms. The third-order valence-electron chi connectivity index (χ3n) is 4.47. The normalized spacial score (nSPS) is 11.5. The zero-order valence-electron chi connectivity index (χ0n) is 13.2. The number of para-hydroxylation sites is 2. The molecule has 0 aliphatic rings. The molecule has 3 rings (SSSR count). The number of fused-ring (bicyclic) bond motifs is 3. The summed E-state index contributed by atoms with van der Waals surface area (Å²) < 4.78 is 2.47. The van der Waals surface area contributed by atoms with Gasteiger partial charge in [-0.3, -0.25) is 0 Å². The summed E-state index contributed by atoms with van der Waals surface area (Å²) in [4.78, 5) is 0. The van der Waals surface area contributed by atoms with Crippen LogP contribution in [-0.2, 0) is 6.54 Å². The van der Waals surface area contributed by atoms with Crippen LogP contribution < -0.4 is 0 Å². The lowest BCUT2D eigenvalue weighted by Crippen LogP contribution is -1.97. The maximum Gasteiger partial charge on any atom is 0.0491 e. The molecule has 2 aromatic carbocycles. The first-order valence-electron chi connectivity index (χ1n) is 8.48. The van der Waals surface area contributed by atoms with Crippen LogP contribution in [0.1, 0.15) is 38.5 Å². The number of aromatic nitrogens is 1. The molecular formula is C20H25NO. The van der Waals surface area contributed by atoms with Gasteiger partial charge in [-0.1, -0.05) is 62.1 Å². The third kappa shape index (κ3) is 3.17. The number of unbranched alkanes of at least 4 members (excludes halogenated alkanes) is 5. The molecule has 0 saturated heterocycles. The maximum absolute atomic E-state index is 8.79. The highest BCUT2D eigenvalue weighted by Crippen LogP contribution is 2.29.